The second kappa shape index (κ2) is 4.70. The summed E-state index contributed by atoms with van der Waals surface area (Å²) >= 11 is 0. The van der Waals surface area contributed by atoms with Crippen LogP contribution in [0.15, 0.2) is 0 Å². The second-order valence-corrected chi connectivity index (χ2v) is 3.28. The fraction of sp³-hybridized carbons (Fsp3) is 1.00. The van der Waals surface area contributed by atoms with Crippen molar-refractivity contribution in [3.05, 3.63) is 0 Å². The Balaban J connectivity index is 2.27. The van der Waals surface area contributed by atoms with Crippen molar-refractivity contribution in [1.29, 1.82) is 0 Å². The standard InChI is InChI=1S/C8H18N2O/c1-10-4-5-11-7-8(6-10)2-3-9/h8H,2-7,9H2,1H3. The fourth-order valence-electron chi connectivity index (χ4n) is 1.47. The molecule has 0 aromatic carbocycles. The van der Waals surface area contributed by atoms with Crippen molar-refractivity contribution in [1.82, 2.24) is 4.90 Å². The lowest BCUT2D eigenvalue weighted by molar-refractivity contribution is 0.120. The third kappa shape index (κ3) is 3.18. The molecule has 1 saturated heterocycles. The molecule has 66 valence electrons. The van der Waals surface area contributed by atoms with Gasteiger partial charge in [0.1, 0.15) is 0 Å². The van der Waals surface area contributed by atoms with Crippen LogP contribution >= 0.6 is 0 Å². The van der Waals surface area contributed by atoms with E-state index >= 15 is 0 Å². The number of ether oxygens (including phenoxy) is 1. The van der Waals surface area contributed by atoms with Gasteiger partial charge in [-0.15, -0.1) is 0 Å². The highest BCUT2D eigenvalue weighted by Crippen LogP contribution is 2.07. The van der Waals surface area contributed by atoms with Gasteiger partial charge in [0.2, 0.25) is 0 Å². The van der Waals surface area contributed by atoms with Gasteiger partial charge in [-0.1, -0.05) is 0 Å². The zero-order valence-corrected chi connectivity index (χ0v) is 7.25. The van der Waals surface area contributed by atoms with Crippen molar-refractivity contribution in [2.24, 2.45) is 11.7 Å². The SMILES string of the molecule is CN1CCOCC(CCN)C1. The molecule has 0 radical (unpaired) electrons. The van der Waals surface area contributed by atoms with E-state index < -0.39 is 0 Å². The average molecular weight is 158 g/mol. The molecule has 1 aliphatic heterocycles. The Labute approximate surface area is 68.5 Å². The van der Waals surface area contributed by atoms with Gasteiger partial charge in [0.15, 0.2) is 0 Å². The molecule has 1 atom stereocenters. The summed E-state index contributed by atoms with van der Waals surface area (Å²) in [5.74, 6) is 0.646. The van der Waals surface area contributed by atoms with Crippen molar-refractivity contribution in [2.45, 2.75) is 6.42 Å². The zero-order chi connectivity index (χ0) is 8.10. The molecule has 0 saturated carbocycles. The maximum Gasteiger partial charge on any atom is 0.0593 e. The zero-order valence-electron chi connectivity index (χ0n) is 7.25. The summed E-state index contributed by atoms with van der Waals surface area (Å²) in [6, 6.07) is 0. The lowest BCUT2D eigenvalue weighted by atomic mass is 10.1. The van der Waals surface area contributed by atoms with Crippen molar-refractivity contribution >= 4 is 0 Å². The van der Waals surface area contributed by atoms with Crippen molar-refractivity contribution < 1.29 is 4.74 Å². The number of nitrogens with zero attached hydrogens (tertiary/aromatic N) is 1. The van der Waals surface area contributed by atoms with E-state index in [-0.39, 0.29) is 0 Å². The second-order valence-electron chi connectivity index (χ2n) is 3.28. The van der Waals surface area contributed by atoms with Crippen LogP contribution in [0.3, 0.4) is 0 Å². The smallest absolute Gasteiger partial charge is 0.0593 e. The van der Waals surface area contributed by atoms with Crippen molar-refractivity contribution in [3.8, 4) is 0 Å². The van der Waals surface area contributed by atoms with Gasteiger partial charge < -0.3 is 15.4 Å². The molecule has 1 fully saturated rings. The number of hydrogen-bond donors (Lipinski definition) is 1. The number of rotatable bonds is 2. The summed E-state index contributed by atoms with van der Waals surface area (Å²) in [5.41, 5.74) is 5.48. The van der Waals surface area contributed by atoms with E-state index in [1.54, 1.807) is 0 Å². The average Bonchev–Trinajstić information content (AvgIpc) is 2.15. The highest BCUT2D eigenvalue weighted by Gasteiger charge is 2.14. The Kier molecular flexibility index (Phi) is 3.83. The first-order valence-electron chi connectivity index (χ1n) is 4.29. The van der Waals surface area contributed by atoms with E-state index in [4.69, 9.17) is 10.5 Å². The Bertz CT molecular complexity index is 108. The van der Waals surface area contributed by atoms with Gasteiger partial charge in [0, 0.05) is 13.1 Å². The molecular formula is C8H18N2O. The van der Waals surface area contributed by atoms with E-state index in [0.717, 1.165) is 39.3 Å². The molecule has 0 aromatic rings. The van der Waals surface area contributed by atoms with Crippen LogP contribution in [0.2, 0.25) is 0 Å². The van der Waals surface area contributed by atoms with Crippen molar-refractivity contribution in [3.63, 3.8) is 0 Å². The Morgan fingerprint density at radius 2 is 2.45 bits per heavy atom. The van der Waals surface area contributed by atoms with E-state index in [9.17, 15) is 0 Å². The minimum absolute atomic E-state index is 0.646. The number of nitrogens with two attached hydrogens (primary N) is 1. The molecule has 0 aromatic heterocycles. The molecular weight excluding hydrogens is 140 g/mol. The third-order valence-corrected chi connectivity index (χ3v) is 2.12. The molecule has 2 N–H and O–H groups in total. The van der Waals surface area contributed by atoms with Crippen LogP contribution in [0.1, 0.15) is 6.42 Å². The minimum Gasteiger partial charge on any atom is -0.380 e. The highest BCUT2D eigenvalue weighted by molar-refractivity contribution is 4.66. The monoisotopic (exact) mass is 158 g/mol. The lowest BCUT2D eigenvalue weighted by Crippen LogP contribution is -2.27. The first-order chi connectivity index (χ1) is 5.33. The predicted octanol–water partition coefficient (Wildman–Crippen LogP) is -0.0866. The molecule has 0 spiro atoms. The van der Waals surface area contributed by atoms with E-state index in [0.29, 0.717) is 5.92 Å². The highest BCUT2D eigenvalue weighted by atomic mass is 16.5. The lowest BCUT2D eigenvalue weighted by Gasteiger charge is -2.17. The Morgan fingerprint density at radius 1 is 1.64 bits per heavy atom. The molecule has 3 heteroatoms. The molecule has 1 heterocycles. The third-order valence-electron chi connectivity index (χ3n) is 2.12. The fourth-order valence-corrected chi connectivity index (χ4v) is 1.47. The summed E-state index contributed by atoms with van der Waals surface area (Å²) in [4.78, 5) is 2.31. The predicted molar refractivity (Wildman–Crippen MR) is 45.5 cm³/mol. The van der Waals surface area contributed by atoms with Crippen LogP contribution < -0.4 is 5.73 Å². The maximum absolute atomic E-state index is 5.48. The number of likely N-dealkylation sites (N-methyl/N-ethyl adjacent to an activating group) is 1. The van der Waals surface area contributed by atoms with Gasteiger partial charge in [0.25, 0.3) is 0 Å². The number of hydrogen-bond acceptors (Lipinski definition) is 3. The van der Waals surface area contributed by atoms with E-state index in [1.807, 2.05) is 0 Å². The minimum atomic E-state index is 0.646. The van der Waals surface area contributed by atoms with E-state index in [1.165, 1.54) is 0 Å². The molecule has 1 unspecified atom stereocenters. The Hall–Kier alpha value is -0.120. The molecule has 1 rings (SSSR count). The van der Waals surface area contributed by atoms with E-state index in [2.05, 4.69) is 11.9 Å². The van der Waals surface area contributed by atoms with Crippen LogP contribution in [0.5, 0.6) is 0 Å². The van der Waals surface area contributed by atoms with Gasteiger partial charge in [-0.25, -0.2) is 0 Å². The summed E-state index contributed by atoms with van der Waals surface area (Å²) in [6.07, 6.45) is 1.09. The summed E-state index contributed by atoms with van der Waals surface area (Å²) in [6.45, 7) is 4.74. The molecule has 0 amide bonds. The maximum atomic E-state index is 5.48. The first-order valence-corrected chi connectivity index (χ1v) is 4.29. The van der Waals surface area contributed by atoms with Crippen LogP contribution in [-0.4, -0.2) is 44.8 Å². The molecule has 3 nitrogen and oxygen atoms in total. The molecule has 0 aliphatic carbocycles. The van der Waals surface area contributed by atoms with Gasteiger partial charge in [-0.2, -0.15) is 0 Å². The van der Waals surface area contributed by atoms with Gasteiger partial charge in [-0.05, 0) is 25.9 Å². The normalized spacial score (nSPS) is 28.4. The van der Waals surface area contributed by atoms with Gasteiger partial charge >= 0.3 is 0 Å². The van der Waals surface area contributed by atoms with Gasteiger partial charge in [-0.3, -0.25) is 0 Å². The van der Waals surface area contributed by atoms with Crippen LogP contribution in [0.4, 0.5) is 0 Å². The summed E-state index contributed by atoms with van der Waals surface area (Å²) < 4.78 is 5.43. The van der Waals surface area contributed by atoms with Gasteiger partial charge in [0.05, 0.1) is 13.2 Å². The quantitative estimate of drug-likeness (QED) is 0.610. The summed E-state index contributed by atoms with van der Waals surface area (Å²) in [5, 5.41) is 0. The molecule has 11 heavy (non-hydrogen) atoms. The summed E-state index contributed by atoms with van der Waals surface area (Å²) in [7, 11) is 2.14. The van der Waals surface area contributed by atoms with Crippen molar-refractivity contribution in [2.75, 3.05) is 39.9 Å². The largest absolute Gasteiger partial charge is 0.380 e. The Morgan fingerprint density at radius 3 is 3.18 bits per heavy atom. The topological polar surface area (TPSA) is 38.5 Å². The molecule has 1 aliphatic rings. The van der Waals surface area contributed by atoms with Crippen LogP contribution in [-0.2, 0) is 4.74 Å². The first kappa shape index (κ1) is 8.97. The van der Waals surface area contributed by atoms with Crippen LogP contribution in [0.25, 0.3) is 0 Å². The molecule has 0 bridgehead atoms. The van der Waals surface area contributed by atoms with Crippen LogP contribution in [0, 0.1) is 5.92 Å².